The van der Waals surface area contributed by atoms with Crippen molar-refractivity contribution in [2.24, 2.45) is 0 Å². The molecule has 0 N–H and O–H groups in total. The van der Waals surface area contributed by atoms with E-state index in [4.69, 9.17) is 9.47 Å². The van der Waals surface area contributed by atoms with Gasteiger partial charge in [-0.05, 0) is 34.1 Å². The molecule has 2 aromatic rings. The number of pyridine rings is 1. The summed E-state index contributed by atoms with van der Waals surface area (Å²) >= 11 is 2.74. The Balaban J connectivity index is 2.27. The van der Waals surface area contributed by atoms with Gasteiger partial charge < -0.3 is 14.2 Å². The molecule has 1 aromatic heterocycles. The van der Waals surface area contributed by atoms with Crippen molar-refractivity contribution in [3.8, 4) is 23.0 Å². The molecule has 0 amide bonds. The number of aromatic nitrogens is 1. The number of methoxy groups -OCH3 is 1. The summed E-state index contributed by atoms with van der Waals surface area (Å²) in [5.41, 5.74) is -1.14. The zero-order valence-corrected chi connectivity index (χ0v) is 13.8. The Labute approximate surface area is 145 Å². The van der Waals surface area contributed by atoms with Crippen molar-refractivity contribution in [3.05, 3.63) is 40.6 Å². The highest BCUT2D eigenvalue weighted by atomic mass is 79.9. The standard InChI is InChI=1S/C14H8BrF6NO3/c1-23-11-5-7(25-14(19,20)21)2-3-10(11)24-8-4-9(15)12(22-6-8)13(16,17)18/h2-6H,1H3. The molecule has 0 spiro atoms. The van der Waals surface area contributed by atoms with Gasteiger partial charge >= 0.3 is 12.5 Å². The van der Waals surface area contributed by atoms with Crippen LogP contribution in [0.4, 0.5) is 26.3 Å². The first-order valence-corrected chi connectivity index (χ1v) is 7.13. The van der Waals surface area contributed by atoms with Crippen LogP contribution in [0.3, 0.4) is 0 Å². The Morgan fingerprint density at radius 3 is 2.16 bits per heavy atom. The highest BCUT2D eigenvalue weighted by Gasteiger charge is 2.35. The van der Waals surface area contributed by atoms with Crippen LogP contribution in [0.1, 0.15) is 5.69 Å². The summed E-state index contributed by atoms with van der Waals surface area (Å²) in [5, 5.41) is 0. The molecule has 136 valence electrons. The molecule has 0 fully saturated rings. The lowest BCUT2D eigenvalue weighted by atomic mass is 10.3. The minimum Gasteiger partial charge on any atom is -0.493 e. The molecule has 0 aliphatic carbocycles. The predicted octanol–water partition coefficient (Wildman–Crippen LogP) is 5.56. The summed E-state index contributed by atoms with van der Waals surface area (Å²) < 4.78 is 88.1. The molecule has 2 rings (SSSR count). The van der Waals surface area contributed by atoms with Crippen LogP contribution in [0.2, 0.25) is 0 Å². The third kappa shape index (κ3) is 5.15. The topological polar surface area (TPSA) is 40.6 Å². The number of rotatable bonds is 4. The molecule has 0 bridgehead atoms. The fourth-order valence-electron chi connectivity index (χ4n) is 1.74. The zero-order chi connectivity index (χ0) is 18.8. The summed E-state index contributed by atoms with van der Waals surface area (Å²) in [5.74, 6) is -0.769. The van der Waals surface area contributed by atoms with Crippen molar-refractivity contribution < 1.29 is 40.6 Å². The van der Waals surface area contributed by atoms with Crippen LogP contribution in [0.15, 0.2) is 34.9 Å². The molecule has 4 nitrogen and oxygen atoms in total. The Morgan fingerprint density at radius 2 is 1.64 bits per heavy atom. The van der Waals surface area contributed by atoms with E-state index in [-0.39, 0.29) is 21.7 Å². The van der Waals surface area contributed by atoms with E-state index in [9.17, 15) is 26.3 Å². The van der Waals surface area contributed by atoms with Gasteiger partial charge in [-0.1, -0.05) is 0 Å². The quantitative estimate of drug-likeness (QED) is 0.594. The third-order valence-electron chi connectivity index (χ3n) is 2.68. The van der Waals surface area contributed by atoms with Crippen molar-refractivity contribution in [2.75, 3.05) is 7.11 Å². The van der Waals surface area contributed by atoms with Crippen LogP contribution >= 0.6 is 15.9 Å². The SMILES string of the molecule is COc1cc(OC(F)(F)F)ccc1Oc1cnc(C(F)(F)F)c(Br)c1. The van der Waals surface area contributed by atoms with E-state index >= 15 is 0 Å². The molecule has 0 saturated heterocycles. The minimum atomic E-state index is -4.88. The normalized spacial score (nSPS) is 12.0. The average Bonchev–Trinajstić information content (AvgIpc) is 2.46. The lowest BCUT2D eigenvalue weighted by molar-refractivity contribution is -0.274. The predicted molar refractivity (Wildman–Crippen MR) is 76.7 cm³/mol. The third-order valence-corrected chi connectivity index (χ3v) is 3.29. The molecule has 1 aromatic carbocycles. The smallest absolute Gasteiger partial charge is 0.493 e. The zero-order valence-electron chi connectivity index (χ0n) is 12.2. The van der Waals surface area contributed by atoms with Gasteiger partial charge in [0.2, 0.25) is 0 Å². The Kier molecular flexibility index (Phi) is 5.35. The van der Waals surface area contributed by atoms with Crippen molar-refractivity contribution in [2.45, 2.75) is 12.5 Å². The molecule has 0 radical (unpaired) electrons. The number of ether oxygens (including phenoxy) is 3. The lowest BCUT2D eigenvalue weighted by Crippen LogP contribution is -2.17. The summed E-state index contributed by atoms with van der Waals surface area (Å²) in [6, 6.07) is 4.04. The van der Waals surface area contributed by atoms with Gasteiger partial charge in [-0.2, -0.15) is 13.2 Å². The fraction of sp³-hybridized carbons (Fsp3) is 0.214. The van der Waals surface area contributed by atoms with Gasteiger partial charge in [0.15, 0.2) is 17.2 Å². The van der Waals surface area contributed by atoms with Crippen LogP contribution in [-0.2, 0) is 6.18 Å². The van der Waals surface area contributed by atoms with Crippen molar-refractivity contribution in [3.63, 3.8) is 0 Å². The Morgan fingerprint density at radius 1 is 0.960 bits per heavy atom. The Bertz CT molecular complexity index is 763. The van der Waals surface area contributed by atoms with E-state index < -0.39 is 24.0 Å². The second kappa shape index (κ2) is 6.98. The van der Waals surface area contributed by atoms with Gasteiger partial charge in [-0.25, -0.2) is 4.98 Å². The number of hydrogen-bond donors (Lipinski definition) is 0. The summed E-state index contributed by atoms with van der Waals surface area (Å²) in [4.78, 5) is 3.26. The van der Waals surface area contributed by atoms with E-state index in [1.165, 1.54) is 7.11 Å². The molecule has 0 aliphatic rings. The highest BCUT2D eigenvalue weighted by Crippen LogP contribution is 2.39. The second-order valence-electron chi connectivity index (χ2n) is 4.46. The van der Waals surface area contributed by atoms with E-state index in [1.54, 1.807) is 0 Å². The molecule has 25 heavy (non-hydrogen) atoms. The monoisotopic (exact) mass is 431 g/mol. The van der Waals surface area contributed by atoms with Gasteiger partial charge in [0.1, 0.15) is 11.5 Å². The van der Waals surface area contributed by atoms with Gasteiger partial charge in [0.05, 0.1) is 17.8 Å². The van der Waals surface area contributed by atoms with Crippen LogP contribution in [-0.4, -0.2) is 18.5 Å². The number of hydrogen-bond acceptors (Lipinski definition) is 4. The van der Waals surface area contributed by atoms with Crippen LogP contribution in [0.5, 0.6) is 23.0 Å². The maximum atomic E-state index is 12.6. The van der Waals surface area contributed by atoms with Crippen LogP contribution in [0, 0.1) is 0 Å². The van der Waals surface area contributed by atoms with Crippen LogP contribution < -0.4 is 14.2 Å². The van der Waals surface area contributed by atoms with Crippen molar-refractivity contribution in [1.29, 1.82) is 0 Å². The number of benzene rings is 1. The first kappa shape index (κ1) is 19.2. The van der Waals surface area contributed by atoms with E-state index in [0.717, 1.165) is 30.5 Å². The molecular weight excluding hydrogens is 424 g/mol. The summed E-state index contributed by atoms with van der Waals surface area (Å²) in [6.45, 7) is 0. The molecule has 0 atom stereocenters. The fourth-order valence-corrected chi connectivity index (χ4v) is 2.29. The average molecular weight is 432 g/mol. The molecule has 11 heteroatoms. The van der Waals surface area contributed by atoms with E-state index in [2.05, 4.69) is 25.7 Å². The first-order chi connectivity index (χ1) is 11.5. The minimum absolute atomic E-state index is 0.0366. The maximum absolute atomic E-state index is 12.6. The number of alkyl halides is 6. The van der Waals surface area contributed by atoms with E-state index in [1.807, 2.05) is 0 Å². The second-order valence-corrected chi connectivity index (χ2v) is 5.32. The lowest BCUT2D eigenvalue weighted by Gasteiger charge is -2.14. The molecule has 0 aliphatic heterocycles. The summed E-state index contributed by atoms with van der Waals surface area (Å²) in [6.07, 6.45) is -8.70. The van der Waals surface area contributed by atoms with Gasteiger partial charge in [-0.15, -0.1) is 13.2 Å². The summed E-state index contributed by atoms with van der Waals surface area (Å²) in [7, 11) is 1.18. The first-order valence-electron chi connectivity index (χ1n) is 6.34. The molecule has 0 unspecified atom stereocenters. The molecular formula is C14H8BrF6NO3. The highest BCUT2D eigenvalue weighted by molar-refractivity contribution is 9.10. The van der Waals surface area contributed by atoms with Gasteiger partial charge in [0.25, 0.3) is 0 Å². The number of nitrogens with zero attached hydrogens (tertiary/aromatic N) is 1. The Hall–Kier alpha value is -2.17. The van der Waals surface area contributed by atoms with Gasteiger partial charge in [0, 0.05) is 6.07 Å². The van der Waals surface area contributed by atoms with Crippen molar-refractivity contribution >= 4 is 15.9 Å². The van der Waals surface area contributed by atoms with E-state index in [0.29, 0.717) is 0 Å². The largest absolute Gasteiger partial charge is 0.573 e. The molecule has 1 heterocycles. The maximum Gasteiger partial charge on any atom is 0.573 e. The van der Waals surface area contributed by atoms with Crippen molar-refractivity contribution in [1.82, 2.24) is 4.98 Å². The number of halogens is 7. The van der Waals surface area contributed by atoms with Gasteiger partial charge in [-0.3, -0.25) is 0 Å². The van der Waals surface area contributed by atoms with Crippen LogP contribution in [0.25, 0.3) is 0 Å². The molecule has 0 saturated carbocycles.